The Morgan fingerprint density at radius 3 is 2.95 bits per heavy atom. The molecule has 0 fully saturated rings. The summed E-state index contributed by atoms with van der Waals surface area (Å²) in [5.74, 6) is 1.48. The van der Waals surface area contributed by atoms with E-state index < -0.39 is 0 Å². The van der Waals surface area contributed by atoms with E-state index >= 15 is 0 Å². The Balaban J connectivity index is 2.22. The van der Waals surface area contributed by atoms with Gasteiger partial charge in [-0.15, -0.1) is 11.8 Å². The van der Waals surface area contributed by atoms with Crippen molar-refractivity contribution in [2.75, 3.05) is 6.54 Å². The lowest BCUT2D eigenvalue weighted by molar-refractivity contribution is -0.117. The van der Waals surface area contributed by atoms with Gasteiger partial charge in [0.25, 0.3) is 0 Å². The molecule has 1 rings (SSSR count). The van der Waals surface area contributed by atoms with Crippen LogP contribution in [0.2, 0.25) is 0 Å². The van der Waals surface area contributed by atoms with Gasteiger partial charge >= 0.3 is 0 Å². The fourth-order valence-corrected chi connectivity index (χ4v) is 2.54. The maximum atomic E-state index is 11.6. The van der Waals surface area contributed by atoms with Gasteiger partial charge in [0.05, 0.1) is 18.1 Å². The molecule has 0 spiro atoms. The predicted molar refractivity (Wildman–Crippen MR) is 82.2 cm³/mol. The molecule has 1 unspecified atom stereocenters. The number of rotatable bonds is 8. The third kappa shape index (κ3) is 7.40. The highest BCUT2D eigenvalue weighted by molar-refractivity contribution is 8.01. The van der Waals surface area contributed by atoms with Crippen LogP contribution in [0.1, 0.15) is 33.0 Å². The molecular weight excluding hydrogens is 274 g/mol. The third-order valence-electron chi connectivity index (χ3n) is 2.71. The van der Waals surface area contributed by atoms with Gasteiger partial charge in [-0.1, -0.05) is 13.8 Å². The number of thioether (sulfide) groups is 1. The van der Waals surface area contributed by atoms with Gasteiger partial charge in [-0.05, 0) is 36.3 Å². The summed E-state index contributed by atoms with van der Waals surface area (Å²) in [4.78, 5) is 11.6. The molecule has 1 heterocycles. The molecule has 0 aliphatic carbocycles. The van der Waals surface area contributed by atoms with Crippen LogP contribution in [0.4, 0.5) is 0 Å². The highest BCUT2D eigenvalue weighted by atomic mass is 32.2. The molecule has 0 saturated heterocycles. The van der Waals surface area contributed by atoms with E-state index in [9.17, 15) is 9.90 Å². The van der Waals surface area contributed by atoms with Crippen LogP contribution in [0.15, 0.2) is 34.3 Å². The standard InChI is InChI=1S/C15H23NO3S/c1-12(17)9-15(2,3)11-16-14(18)6-8-20-10-13-5-4-7-19-13/h4-8,12,17H,9-11H2,1-3H3,(H,16,18)/b8-6+. The lowest BCUT2D eigenvalue weighted by Crippen LogP contribution is -2.34. The second-order valence-electron chi connectivity index (χ2n) is 5.63. The van der Waals surface area contributed by atoms with Crippen LogP contribution in [0, 0.1) is 5.41 Å². The lowest BCUT2D eigenvalue weighted by atomic mass is 9.87. The summed E-state index contributed by atoms with van der Waals surface area (Å²) in [6.45, 7) is 6.35. The number of aliphatic hydroxyl groups excluding tert-OH is 1. The molecule has 0 radical (unpaired) electrons. The van der Waals surface area contributed by atoms with E-state index in [-0.39, 0.29) is 17.4 Å². The number of hydrogen-bond acceptors (Lipinski definition) is 4. The molecule has 0 aliphatic rings. The number of hydrogen-bond donors (Lipinski definition) is 2. The Labute approximate surface area is 124 Å². The van der Waals surface area contributed by atoms with E-state index in [0.717, 1.165) is 5.76 Å². The smallest absolute Gasteiger partial charge is 0.244 e. The van der Waals surface area contributed by atoms with Crippen molar-refractivity contribution in [3.63, 3.8) is 0 Å². The van der Waals surface area contributed by atoms with Crippen molar-refractivity contribution in [2.45, 2.75) is 39.0 Å². The van der Waals surface area contributed by atoms with Crippen molar-refractivity contribution >= 4 is 17.7 Å². The van der Waals surface area contributed by atoms with Crippen molar-refractivity contribution in [2.24, 2.45) is 5.41 Å². The first-order valence-corrected chi connectivity index (χ1v) is 7.70. The number of nitrogens with one attached hydrogen (secondary N) is 1. The van der Waals surface area contributed by atoms with Crippen LogP contribution < -0.4 is 5.32 Å². The Morgan fingerprint density at radius 1 is 1.60 bits per heavy atom. The molecule has 5 heteroatoms. The van der Waals surface area contributed by atoms with Gasteiger partial charge in [-0.3, -0.25) is 4.79 Å². The highest BCUT2D eigenvalue weighted by Crippen LogP contribution is 2.21. The molecule has 0 aliphatic heterocycles. The van der Waals surface area contributed by atoms with Crippen molar-refractivity contribution in [3.8, 4) is 0 Å². The van der Waals surface area contributed by atoms with Gasteiger partial charge in [0.2, 0.25) is 5.91 Å². The Bertz CT molecular complexity index is 424. The molecular formula is C15H23NO3S. The fourth-order valence-electron chi connectivity index (χ4n) is 1.89. The molecule has 20 heavy (non-hydrogen) atoms. The largest absolute Gasteiger partial charge is 0.468 e. The number of furan rings is 1. The minimum atomic E-state index is -0.360. The molecule has 112 valence electrons. The summed E-state index contributed by atoms with van der Waals surface area (Å²) in [5, 5.41) is 14.0. The second kappa shape index (κ2) is 8.17. The maximum absolute atomic E-state index is 11.6. The van der Waals surface area contributed by atoms with Gasteiger partial charge in [-0.25, -0.2) is 0 Å². The SMILES string of the molecule is CC(O)CC(C)(C)CNC(=O)/C=C/SCc1ccco1. The van der Waals surface area contributed by atoms with Gasteiger partial charge in [0, 0.05) is 12.6 Å². The van der Waals surface area contributed by atoms with Gasteiger partial charge < -0.3 is 14.8 Å². The molecule has 0 saturated carbocycles. The maximum Gasteiger partial charge on any atom is 0.244 e. The predicted octanol–water partition coefficient (Wildman–Crippen LogP) is 2.94. The van der Waals surface area contributed by atoms with E-state index in [0.29, 0.717) is 18.7 Å². The van der Waals surface area contributed by atoms with Gasteiger partial charge in [0.15, 0.2) is 0 Å². The summed E-state index contributed by atoms with van der Waals surface area (Å²) in [5.41, 5.74) is -0.112. The molecule has 1 aromatic rings. The highest BCUT2D eigenvalue weighted by Gasteiger charge is 2.20. The Kier molecular flexibility index (Phi) is 6.88. The van der Waals surface area contributed by atoms with E-state index in [1.807, 2.05) is 26.0 Å². The minimum Gasteiger partial charge on any atom is -0.468 e. The molecule has 0 aromatic carbocycles. The first-order valence-electron chi connectivity index (χ1n) is 6.65. The summed E-state index contributed by atoms with van der Waals surface area (Å²) in [7, 11) is 0. The topological polar surface area (TPSA) is 62.5 Å². The molecule has 1 amide bonds. The summed E-state index contributed by atoms with van der Waals surface area (Å²) in [6.07, 6.45) is 3.45. The fraction of sp³-hybridized carbons (Fsp3) is 0.533. The quantitative estimate of drug-likeness (QED) is 0.724. The van der Waals surface area contributed by atoms with E-state index in [2.05, 4.69) is 5.32 Å². The number of carbonyl (C=O) groups excluding carboxylic acids is 1. The van der Waals surface area contributed by atoms with Crippen LogP contribution in [0.25, 0.3) is 0 Å². The monoisotopic (exact) mass is 297 g/mol. The first kappa shape index (κ1) is 16.9. The molecule has 1 atom stereocenters. The zero-order valence-corrected chi connectivity index (χ0v) is 13.1. The minimum absolute atomic E-state index is 0.112. The normalized spacial score (nSPS) is 13.6. The number of amides is 1. The van der Waals surface area contributed by atoms with Crippen molar-refractivity contribution in [3.05, 3.63) is 35.6 Å². The molecule has 1 aromatic heterocycles. The number of aliphatic hydroxyl groups is 1. The third-order valence-corrected chi connectivity index (χ3v) is 3.49. The Morgan fingerprint density at radius 2 is 2.35 bits per heavy atom. The zero-order chi connectivity index (χ0) is 15.0. The van der Waals surface area contributed by atoms with E-state index in [1.54, 1.807) is 18.6 Å². The van der Waals surface area contributed by atoms with E-state index in [4.69, 9.17) is 4.42 Å². The van der Waals surface area contributed by atoms with Crippen molar-refractivity contribution < 1.29 is 14.3 Å². The van der Waals surface area contributed by atoms with Crippen LogP contribution in [-0.4, -0.2) is 23.7 Å². The lowest BCUT2D eigenvalue weighted by Gasteiger charge is -2.26. The molecule has 0 bridgehead atoms. The first-order chi connectivity index (χ1) is 9.39. The molecule has 2 N–H and O–H groups in total. The van der Waals surface area contributed by atoms with Gasteiger partial charge in [0.1, 0.15) is 5.76 Å². The van der Waals surface area contributed by atoms with Crippen LogP contribution in [0.3, 0.4) is 0 Å². The Hall–Kier alpha value is -1.20. The summed E-state index contributed by atoms with van der Waals surface area (Å²) < 4.78 is 5.19. The van der Waals surface area contributed by atoms with Crippen LogP contribution in [-0.2, 0) is 10.5 Å². The number of carbonyl (C=O) groups is 1. The summed E-state index contributed by atoms with van der Waals surface area (Å²) in [6, 6.07) is 3.75. The summed E-state index contributed by atoms with van der Waals surface area (Å²) >= 11 is 1.51. The van der Waals surface area contributed by atoms with Gasteiger partial charge in [-0.2, -0.15) is 0 Å². The van der Waals surface area contributed by atoms with E-state index in [1.165, 1.54) is 17.8 Å². The average Bonchev–Trinajstić information content (AvgIpc) is 2.84. The molecule has 4 nitrogen and oxygen atoms in total. The van der Waals surface area contributed by atoms with Crippen LogP contribution >= 0.6 is 11.8 Å². The van der Waals surface area contributed by atoms with Crippen molar-refractivity contribution in [1.82, 2.24) is 5.32 Å². The zero-order valence-electron chi connectivity index (χ0n) is 12.3. The second-order valence-corrected chi connectivity index (χ2v) is 6.52. The average molecular weight is 297 g/mol. The van der Waals surface area contributed by atoms with Crippen molar-refractivity contribution in [1.29, 1.82) is 0 Å². The van der Waals surface area contributed by atoms with Crippen LogP contribution in [0.5, 0.6) is 0 Å².